The van der Waals surface area contributed by atoms with E-state index in [9.17, 15) is 14.0 Å². The minimum absolute atomic E-state index is 0.218. The molecule has 0 bridgehead atoms. The van der Waals surface area contributed by atoms with Crippen LogP contribution in [0.2, 0.25) is 0 Å². The third-order valence-corrected chi connectivity index (χ3v) is 5.98. The number of nitrogens with zero attached hydrogens (tertiary/aromatic N) is 2. The molecule has 0 atom stereocenters. The summed E-state index contributed by atoms with van der Waals surface area (Å²) in [5, 5.41) is 8.45. The Kier molecular flexibility index (Phi) is 7.99. The molecule has 0 spiro atoms. The van der Waals surface area contributed by atoms with Gasteiger partial charge in [0.2, 0.25) is 0 Å². The van der Waals surface area contributed by atoms with E-state index in [1.54, 1.807) is 19.1 Å². The van der Waals surface area contributed by atoms with Gasteiger partial charge in [0.05, 0.1) is 27.1 Å². The predicted octanol–water partition coefficient (Wildman–Crippen LogP) is 5.65. The van der Waals surface area contributed by atoms with E-state index in [4.69, 9.17) is 9.47 Å². The van der Waals surface area contributed by atoms with Crippen molar-refractivity contribution < 1.29 is 23.5 Å². The van der Waals surface area contributed by atoms with Gasteiger partial charge in [-0.25, -0.2) is 4.39 Å². The van der Waals surface area contributed by atoms with Gasteiger partial charge in [0, 0.05) is 5.69 Å². The van der Waals surface area contributed by atoms with Gasteiger partial charge in [0.25, 0.3) is 11.8 Å². The molecular formula is C27H23FIN3O4. The molecule has 0 aliphatic carbocycles. The SMILES string of the molecule is CCOc1cc(/C=C2/C(=O)N(c3ccccc3)N=C2C)cc(I)c1OCC(=O)Nc1ccc(F)cc1. The Morgan fingerprint density at radius 2 is 1.83 bits per heavy atom. The quantitative estimate of drug-likeness (QED) is 0.268. The Morgan fingerprint density at radius 3 is 2.53 bits per heavy atom. The first-order chi connectivity index (χ1) is 17.4. The Bertz CT molecular complexity index is 1340. The van der Waals surface area contributed by atoms with Gasteiger partial charge in [-0.2, -0.15) is 10.1 Å². The number of ether oxygens (including phenoxy) is 2. The largest absolute Gasteiger partial charge is 0.490 e. The van der Waals surface area contributed by atoms with E-state index in [0.29, 0.717) is 44.3 Å². The first-order valence-electron chi connectivity index (χ1n) is 11.2. The summed E-state index contributed by atoms with van der Waals surface area (Å²) in [5.41, 5.74) is 2.98. The fourth-order valence-corrected chi connectivity index (χ4v) is 4.32. The summed E-state index contributed by atoms with van der Waals surface area (Å²) in [4.78, 5) is 25.4. The van der Waals surface area contributed by atoms with Gasteiger partial charge in [-0.15, -0.1) is 0 Å². The summed E-state index contributed by atoms with van der Waals surface area (Å²) < 4.78 is 25.3. The van der Waals surface area contributed by atoms with Crippen molar-refractivity contribution in [2.24, 2.45) is 5.10 Å². The first kappa shape index (κ1) is 25.4. The topological polar surface area (TPSA) is 80.2 Å². The van der Waals surface area contributed by atoms with Crippen LogP contribution in [0.25, 0.3) is 6.08 Å². The molecule has 0 fully saturated rings. The monoisotopic (exact) mass is 599 g/mol. The zero-order chi connectivity index (χ0) is 25.7. The van der Waals surface area contributed by atoms with E-state index < -0.39 is 5.91 Å². The number of carbonyl (C=O) groups is 2. The van der Waals surface area contributed by atoms with Gasteiger partial charge in [-0.1, -0.05) is 18.2 Å². The van der Waals surface area contributed by atoms with Crippen LogP contribution in [-0.4, -0.2) is 30.7 Å². The van der Waals surface area contributed by atoms with Crippen LogP contribution in [0, 0.1) is 9.39 Å². The lowest BCUT2D eigenvalue weighted by Gasteiger charge is -2.15. The molecule has 0 unspecified atom stereocenters. The minimum atomic E-state index is -0.393. The number of hydrazone groups is 1. The van der Waals surface area contributed by atoms with Gasteiger partial charge in [0.15, 0.2) is 18.1 Å². The molecule has 3 aromatic carbocycles. The zero-order valence-corrected chi connectivity index (χ0v) is 21.8. The average molecular weight is 599 g/mol. The Morgan fingerprint density at radius 1 is 1.11 bits per heavy atom. The van der Waals surface area contributed by atoms with Crippen LogP contribution in [-0.2, 0) is 9.59 Å². The first-order valence-corrected chi connectivity index (χ1v) is 12.2. The fourth-order valence-electron chi connectivity index (χ4n) is 3.54. The number of amides is 2. The smallest absolute Gasteiger partial charge is 0.280 e. The Hall–Kier alpha value is -3.73. The molecule has 0 saturated carbocycles. The maximum Gasteiger partial charge on any atom is 0.280 e. The van der Waals surface area contributed by atoms with E-state index >= 15 is 0 Å². The molecule has 184 valence electrons. The highest BCUT2D eigenvalue weighted by atomic mass is 127. The molecule has 36 heavy (non-hydrogen) atoms. The third-order valence-electron chi connectivity index (χ3n) is 5.18. The van der Waals surface area contributed by atoms with Gasteiger partial charge in [-0.05, 0) is 96.6 Å². The van der Waals surface area contributed by atoms with Crippen LogP contribution in [0.15, 0.2) is 77.4 Å². The lowest BCUT2D eigenvalue weighted by Crippen LogP contribution is -2.21. The van der Waals surface area contributed by atoms with Crippen molar-refractivity contribution in [3.05, 3.63) is 87.3 Å². The van der Waals surface area contributed by atoms with Gasteiger partial charge in [-0.3, -0.25) is 9.59 Å². The van der Waals surface area contributed by atoms with E-state index in [2.05, 4.69) is 33.0 Å². The van der Waals surface area contributed by atoms with Crippen molar-refractivity contribution >= 4 is 57.6 Å². The summed E-state index contributed by atoms with van der Waals surface area (Å²) in [6, 6.07) is 18.3. The molecule has 1 aliphatic rings. The van der Waals surface area contributed by atoms with Crippen molar-refractivity contribution in [3.8, 4) is 11.5 Å². The van der Waals surface area contributed by atoms with Crippen molar-refractivity contribution in [1.29, 1.82) is 0 Å². The van der Waals surface area contributed by atoms with Gasteiger partial charge >= 0.3 is 0 Å². The standard InChI is InChI=1S/C27H23FIN3O4/c1-3-35-24-15-18(13-22-17(2)31-32(27(22)34)21-7-5-4-6-8-21)14-23(29)26(24)36-16-25(33)30-20-11-9-19(28)10-12-20/h4-15H,3,16H2,1-2H3,(H,30,33)/b22-13+. The zero-order valence-electron chi connectivity index (χ0n) is 19.6. The molecule has 7 nitrogen and oxygen atoms in total. The second-order valence-electron chi connectivity index (χ2n) is 7.80. The summed E-state index contributed by atoms with van der Waals surface area (Å²) in [6.45, 7) is 3.76. The molecule has 0 aromatic heterocycles. The summed E-state index contributed by atoms with van der Waals surface area (Å²) in [5.74, 6) is -0.127. The number of carbonyl (C=O) groups excluding carboxylic acids is 2. The lowest BCUT2D eigenvalue weighted by atomic mass is 10.1. The number of para-hydroxylation sites is 1. The summed E-state index contributed by atoms with van der Waals surface area (Å²) in [6.07, 6.45) is 1.76. The Labute approximate surface area is 221 Å². The van der Waals surface area contributed by atoms with Crippen LogP contribution in [0.3, 0.4) is 0 Å². The normalized spacial score (nSPS) is 14.1. The average Bonchev–Trinajstić information content (AvgIpc) is 3.14. The van der Waals surface area contributed by atoms with Crippen molar-refractivity contribution in [2.45, 2.75) is 13.8 Å². The molecule has 2 amide bonds. The maximum atomic E-state index is 13.1. The third kappa shape index (κ3) is 5.91. The van der Waals surface area contributed by atoms with E-state index in [1.807, 2.05) is 43.3 Å². The van der Waals surface area contributed by atoms with Crippen LogP contribution in [0.1, 0.15) is 19.4 Å². The fraction of sp³-hybridized carbons (Fsp3) is 0.148. The number of nitrogens with one attached hydrogen (secondary N) is 1. The maximum absolute atomic E-state index is 13.1. The van der Waals surface area contributed by atoms with E-state index in [1.165, 1.54) is 29.3 Å². The molecular weight excluding hydrogens is 576 g/mol. The highest BCUT2D eigenvalue weighted by Crippen LogP contribution is 2.35. The van der Waals surface area contributed by atoms with E-state index in [-0.39, 0.29) is 18.3 Å². The summed E-state index contributed by atoms with van der Waals surface area (Å²) >= 11 is 2.10. The predicted molar refractivity (Wildman–Crippen MR) is 146 cm³/mol. The molecule has 0 saturated heterocycles. The van der Waals surface area contributed by atoms with Crippen molar-refractivity contribution in [1.82, 2.24) is 0 Å². The van der Waals surface area contributed by atoms with Crippen molar-refractivity contribution in [3.63, 3.8) is 0 Å². The van der Waals surface area contributed by atoms with Crippen LogP contribution in [0.4, 0.5) is 15.8 Å². The number of benzene rings is 3. The molecule has 3 aromatic rings. The molecule has 0 radical (unpaired) electrons. The molecule has 1 aliphatic heterocycles. The number of hydrogen-bond donors (Lipinski definition) is 1. The second kappa shape index (κ2) is 11.3. The molecule has 1 N–H and O–H groups in total. The van der Waals surface area contributed by atoms with E-state index in [0.717, 1.165) is 5.56 Å². The van der Waals surface area contributed by atoms with Crippen LogP contribution >= 0.6 is 22.6 Å². The molecule has 1 heterocycles. The van der Waals surface area contributed by atoms with Gasteiger partial charge < -0.3 is 14.8 Å². The van der Waals surface area contributed by atoms with Crippen LogP contribution in [0.5, 0.6) is 11.5 Å². The number of hydrogen-bond acceptors (Lipinski definition) is 5. The number of halogens is 2. The molecule has 4 rings (SSSR count). The Balaban J connectivity index is 1.52. The highest BCUT2D eigenvalue weighted by Gasteiger charge is 2.28. The minimum Gasteiger partial charge on any atom is -0.490 e. The molecule has 9 heteroatoms. The van der Waals surface area contributed by atoms with Crippen molar-refractivity contribution in [2.75, 3.05) is 23.5 Å². The van der Waals surface area contributed by atoms with Crippen LogP contribution < -0.4 is 19.8 Å². The summed E-state index contributed by atoms with van der Waals surface area (Å²) in [7, 11) is 0. The number of rotatable bonds is 8. The second-order valence-corrected chi connectivity index (χ2v) is 8.96. The lowest BCUT2D eigenvalue weighted by molar-refractivity contribution is -0.118. The number of anilines is 2. The van der Waals surface area contributed by atoms with Gasteiger partial charge in [0.1, 0.15) is 5.82 Å². The highest BCUT2D eigenvalue weighted by molar-refractivity contribution is 14.1.